The highest BCUT2D eigenvalue weighted by atomic mass is 16.5. The molecule has 114 valence electrons. The van der Waals surface area contributed by atoms with Crippen LogP contribution in [0.15, 0.2) is 18.2 Å². The molecule has 0 bridgehead atoms. The fourth-order valence-corrected chi connectivity index (χ4v) is 2.33. The molecule has 1 rings (SSSR count). The van der Waals surface area contributed by atoms with E-state index in [4.69, 9.17) is 15.2 Å². The predicted molar refractivity (Wildman–Crippen MR) is 84.5 cm³/mol. The van der Waals surface area contributed by atoms with Gasteiger partial charge in [0.05, 0.1) is 6.61 Å². The summed E-state index contributed by atoms with van der Waals surface area (Å²) in [5.74, 6) is 0. The normalized spacial score (nSPS) is 10.8. The molecule has 2 N–H and O–H groups in total. The Balaban J connectivity index is 2.86. The van der Waals surface area contributed by atoms with Gasteiger partial charge in [0.2, 0.25) is 0 Å². The van der Waals surface area contributed by atoms with E-state index in [0.717, 1.165) is 39.1 Å². The van der Waals surface area contributed by atoms with Crippen molar-refractivity contribution >= 4 is 5.69 Å². The number of methoxy groups -OCH3 is 2. The number of ether oxygens (including phenoxy) is 2. The Hall–Kier alpha value is -1.10. The molecule has 1 aromatic carbocycles. The molecule has 0 saturated heterocycles. The van der Waals surface area contributed by atoms with Gasteiger partial charge < -0.3 is 20.1 Å². The van der Waals surface area contributed by atoms with Gasteiger partial charge in [0.15, 0.2) is 0 Å². The van der Waals surface area contributed by atoms with Crippen LogP contribution in [0.5, 0.6) is 0 Å². The fourth-order valence-electron chi connectivity index (χ4n) is 2.33. The summed E-state index contributed by atoms with van der Waals surface area (Å²) in [6, 6.07) is 6.59. The Kier molecular flexibility index (Phi) is 8.26. The molecular formula is C16H28N2O2. The van der Waals surface area contributed by atoms with E-state index in [2.05, 4.69) is 30.0 Å². The van der Waals surface area contributed by atoms with Crippen molar-refractivity contribution in [2.75, 3.05) is 52.0 Å². The first kappa shape index (κ1) is 17.0. The summed E-state index contributed by atoms with van der Waals surface area (Å²) in [7, 11) is 3.48. The average molecular weight is 280 g/mol. The van der Waals surface area contributed by atoms with Crippen LogP contribution >= 0.6 is 0 Å². The maximum atomic E-state index is 5.74. The molecule has 0 aliphatic heterocycles. The molecule has 0 saturated carbocycles. The second kappa shape index (κ2) is 9.75. The molecule has 0 aromatic heterocycles. The van der Waals surface area contributed by atoms with Crippen LogP contribution in [0.3, 0.4) is 0 Å². The maximum Gasteiger partial charge on any atom is 0.0637 e. The summed E-state index contributed by atoms with van der Waals surface area (Å²) in [5, 5.41) is 0. The van der Waals surface area contributed by atoms with Crippen molar-refractivity contribution in [2.45, 2.75) is 19.8 Å². The number of nitrogens with zero attached hydrogens (tertiary/aromatic N) is 1. The lowest BCUT2D eigenvalue weighted by Crippen LogP contribution is -2.30. The van der Waals surface area contributed by atoms with Gasteiger partial charge in [0.25, 0.3) is 0 Å². The zero-order valence-electron chi connectivity index (χ0n) is 13.0. The first-order valence-corrected chi connectivity index (χ1v) is 7.25. The van der Waals surface area contributed by atoms with Crippen molar-refractivity contribution in [2.24, 2.45) is 5.73 Å². The van der Waals surface area contributed by atoms with Crippen LogP contribution in [0, 0.1) is 6.92 Å². The molecule has 0 atom stereocenters. The van der Waals surface area contributed by atoms with Gasteiger partial charge in [-0.2, -0.15) is 0 Å². The summed E-state index contributed by atoms with van der Waals surface area (Å²) in [5.41, 5.74) is 9.61. The molecule has 0 aliphatic rings. The zero-order valence-corrected chi connectivity index (χ0v) is 13.0. The van der Waals surface area contributed by atoms with E-state index in [1.165, 1.54) is 16.8 Å². The Morgan fingerprint density at radius 2 is 1.85 bits per heavy atom. The summed E-state index contributed by atoms with van der Waals surface area (Å²) >= 11 is 0. The second-order valence-corrected chi connectivity index (χ2v) is 5.00. The van der Waals surface area contributed by atoms with Gasteiger partial charge in [-0.25, -0.2) is 0 Å². The minimum atomic E-state index is 0.673. The highest BCUT2D eigenvalue weighted by Gasteiger charge is 2.11. The van der Waals surface area contributed by atoms with Crippen LogP contribution < -0.4 is 10.6 Å². The fraction of sp³-hybridized carbons (Fsp3) is 0.625. The van der Waals surface area contributed by atoms with E-state index >= 15 is 0 Å². The first-order chi connectivity index (χ1) is 9.72. The third kappa shape index (κ3) is 5.49. The van der Waals surface area contributed by atoms with Crippen molar-refractivity contribution < 1.29 is 9.47 Å². The van der Waals surface area contributed by atoms with Crippen LogP contribution in [-0.2, 0) is 15.9 Å². The average Bonchev–Trinajstić information content (AvgIpc) is 2.44. The van der Waals surface area contributed by atoms with Gasteiger partial charge in [0.1, 0.15) is 0 Å². The summed E-state index contributed by atoms with van der Waals surface area (Å²) < 4.78 is 10.4. The maximum absolute atomic E-state index is 5.74. The Morgan fingerprint density at radius 3 is 2.50 bits per heavy atom. The van der Waals surface area contributed by atoms with Crippen LogP contribution in [0.25, 0.3) is 0 Å². The molecule has 0 unspecified atom stereocenters. The van der Waals surface area contributed by atoms with Gasteiger partial charge >= 0.3 is 0 Å². The number of anilines is 1. The van der Waals surface area contributed by atoms with Gasteiger partial charge in [0, 0.05) is 39.6 Å². The number of nitrogens with two attached hydrogens (primary N) is 1. The standard InChI is InChI=1S/C16H28N2O2/c1-14-5-6-16(15(13-14)7-8-17)18(10-12-20-3)9-4-11-19-2/h5-6,13H,4,7-12,17H2,1-3H3. The second-order valence-electron chi connectivity index (χ2n) is 5.00. The third-order valence-corrected chi connectivity index (χ3v) is 3.33. The molecule has 0 amide bonds. The van der Waals surface area contributed by atoms with Gasteiger partial charge in [-0.15, -0.1) is 0 Å². The lowest BCUT2D eigenvalue weighted by atomic mass is 10.0. The van der Waals surface area contributed by atoms with Gasteiger partial charge in [-0.1, -0.05) is 17.7 Å². The highest BCUT2D eigenvalue weighted by Crippen LogP contribution is 2.22. The van der Waals surface area contributed by atoms with Crippen molar-refractivity contribution in [3.63, 3.8) is 0 Å². The number of rotatable bonds is 10. The number of hydrogen-bond donors (Lipinski definition) is 1. The number of benzene rings is 1. The zero-order chi connectivity index (χ0) is 14.8. The summed E-state index contributed by atoms with van der Waals surface area (Å²) in [6.07, 6.45) is 1.92. The minimum Gasteiger partial charge on any atom is -0.385 e. The quantitative estimate of drug-likeness (QED) is 0.666. The third-order valence-electron chi connectivity index (χ3n) is 3.33. The van der Waals surface area contributed by atoms with E-state index in [1.54, 1.807) is 14.2 Å². The lowest BCUT2D eigenvalue weighted by molar-refractivity contribution is 0.191. The molecule has 4 nitrogen and oxygen atoms in total. The van der Waals surface area contributed by atoms with Crippen LogP contribution in [-0.4, -0.2) is 47.1 Å². The van der Waals surface area contributed by atoms with Crippen LogP contribution in [0.1, 0.15) is 17.5 Å². The van der Waals surface area contributed by atoms with Crippen molar-refractivity contribution in [1.82, 2.24) is 0 Å². The molecular weight excluding hydrogens is 252 g/mol. The molecule has 20 heavy (non-hydrogen) atoms. The Bertz CT molecular complexity index is 383. The number of hydrogen-bond acceptors (Lipinski definition) is 4. The minimum absolute atomic E-state index is 0.673. The molecule has 0 radical (unpaired) electrons. The smallest absolute Gasteiger partial charge is 0.0637 e. The largest absolute Gasteiger partial charge is 0.385 e. The topological polar surface area (TPSA) is 47.7 Å². The van der Waals surface area contributed by atoms with Gasteiger partial charge in [-0.3, -0.25) is 0 Å². The molecule has 0 fully saturated rings. The van der Waals surface area contributed by atoms with E-state index in [1.807, 2.05) is 0 Å². The Labute approximate surface area is 122 Å². The lowest BCUT2D eigenvalue weighted by Gasteiger charge is -2.27. The SMILES string of the molecule is COCCCN(CCOC)c1ccc(C)cc1CCN. The molecule has 1 aromatic rings. The Morgan fingerprint density at radius 1 is 1.10 bits per heavy atom. The van der Waals surface area contributed by atoms with E-state index in [9.17, 15) is 0 Å². The molecule has 0 heterocycles. The van der Waals surface area contributed by atoms with Crippen molar-refractivity contribution in [3.8, 4) is 0 Å². The van der Waals surface area contributed by atoms with E-state index in [-0.39, 0.29) is 0 Å². The van der Waals surface area contributed by atoms with Gasteiger partial charge in [-0.05, 0) is 37.9 Å². The molecule has 0 aliphatic carbocycles. The van der Waals surface area contributed by atoms with Crippen LogP contribution in [0.4, 0.5) is 5.69 Å². The van der Waals surface area contributed by atoms with E-state index < -0.39 is 0 Å². The monoisotopic (exact) mass is 280 g/mol. The van der Waals surface area contributed by atoms with Crippen LogP contribution in [0.2, 0.25) is 0 Å². The van der Waals surface area contributed by atoms with Crippen molar-refractivity contribution in [1.29, 1.82) is 0 Å². The van der Waals surface area contributed by atoms with E-state index in [0.29, 0.717) is 6.54 Å². The summed E-state index contributed by atoms with van der Waals surface area (Å²) in [4.78, 5) is 2.37. The van der Waals surface area contributed by atoms with Crippen molar-refractivity contribution in [3.05, 3.63) is 29.3 Å². The number of aryl methyl sites for hydroxylation is 1. The highest BCUT2D eigenvalue weighted by molar-refractivity contribution is 5.55. The molecule has 0 spiro atoms. The summed E-state index contributed by atoms with van der Waals surface area (Å²) in [6.45, 7) is 6.16. The predicted octanol–water partition coefficient (Wildman–Crippen LogP) is 1.99. The molecule has 4 heteroatoms. The first-order valence-electron chi connectivity index (χ1n) is 7.25.